The molecule has 35 heavy (non-hydrogen) atoms. The van der Waals surface area contributed by atoms with E-state index in [1.54, 1.807) is 25.4 Å². The first-order valence-electron chi connectivity index (χ1n) is 11.8. The third-order valence-electron chi connectivity index (χ3n) is 6.63. The summed E-state index contributed by atoms with van der Waals surface area (Å²) >= 11 is 0. The molecular weight excluding hydrogens is 445 g/mol. The van der Waals surface area contributed by atoms with Gasteiger partial charge < -0.3 is 15.0 Å². The molecular formula is C27H28FN5O2. The third kappa shape index (κ3) is 4.82. The van der Waals surface area contributed by atoms with Gasteiger partial charge in [0.25, 0.3) is 0 Å². The summed E-state index contributed by atoms with van der Waals surface area (Å²) < 4.78 is 20.4. The van der Waals surface area contributed by atoms with Gasteiger partial charge in [0.2, 0.25) is 5.91 Å². The number of aromatic nitrogens is 3. The molecule has 3 heterocycles. The van der Waals surface area contributed by atoms with Crippen LogP contribution in [0.1, 0.15) is 31.4 Å². The van der Waals surface area contributed by atoms with Gasteiger partial charge in [-0.3, -0.25) is 4.79 Å². The van der Waals surface area contributed by atoms with Crippen molar-refractivity contribution < 1.29 is 13.9 Å². The van der Waals surface area contributed by atoms with Crippen LogP contribution in [0.2, 0.25) is 0 Å². The topological polar surface area (TPSA) is 71.8 Å². The Kier molecular flexibility index (Phi) is 6.35. The number of methoxy groups -OCH3 is 1. The Balaban J connectivity index is 1.27. The van der Waals surface area contributed by atoms with Crippen LogP contribution >= 0.6 is 0 Å². The molecule has 0 radical (unpaired) electrons. The molecule has 4 aromatic rings. The van der Waals surface area contributed by atoms with Crippen LogP contribution in [-0.2, 0) is 4.79 Å². The van der Waals surface area contributed by atoms with E-state index in [-0.39, 0.29) is 23.7 Å². The number of nitrogens with zero attached hydrogens (tertiary/aromatic N) is 4. The van der Waals surface area contributed by atoms with Crippen molar-refractivity contribution in [3.05, 3.63) is 78.4 Å². The number of halogens is 1. The van der Waals surface area contributed by atoms with Crippen molar-refractivity contribution in [1.82, 2.24) is 19.9 Å². The van der Waals surface area contributed by atoms with E-state index in [4.69, 9.17) is 9.84 Å². The third-order valence-corrected chi connectivity index (χ3v) is 6.63. The van der Waals surface area contributed by atoms with E-state index in [1.807, 2.05) is 48.0 Å². The number of amides is 1. The molecule has 7 nitrogen and oxygen atoms in total. The second kappa shape index (κ2) is 9.74. The minimum atomic E-state index is -0.280. The fraction of sp³-hybridized carbons (Fsp3) is 0.296. The van der Waals surface area contributed by atoms with E-state index >= 15 is 0 Å². The Morgan fingerprint density at radius 2 is 1.91 bits per heavy atom. The van der Waals surface area contributed by atoms with Crippen molar-refractivity contribution in [2.24, 2.45) is 5.92 Å². The highest BCUT2D eigenvalue weighted by Gasteiger charge is 2.27. The number of carbonyl (C=O) groups excluding carboxylic acids is 1. The van der Waals surface area contributed by atoms with Crippen molar-refractivity contribution in [1.29, 1.82) is 0 Å². The predicted molar refractivity (Wildman–Crippen MR) is 133 cm³/mol. The number of carbonyl (C=O) groups is 1. The first-order chi connectivity index (χ1) is 17.0. The number of fused-ring (bicyclic) bond motifs is 1. The second-order valence-corrected chi connectivity index (χ2v) is 8.89. The van der Waals surface area contributed by atoms with Crippen LogP contribution in [0.15, 0.2) is 67.0 Å². The average Bonchev–Trinajstić information content (AvgIpc) is 3.34. The summed E-state index contributed by atoms with van der Waals surface area (Å²) in [6, 6.07) is 16.0. The molecule has 1 aliphatic rings. The molecule has 180 valence electrons. The maximum absolute atomic E-state index is 13.2. The fourth-order valence-corrected chi connectivity index (χ4v) is 4.59. The number of piperidine rings is 1. The molecule has 1 saturated heterocycles. The van der Waals surface area contributed by atoms with Gasteiger partial charge >= 0.3 is 0 Å². The van der Waals surface area contributed by atoms with Crippen LogP contribution < -0.4 is 15.0 Å². The van der Waals surface area contributed by atoms with Gasteiger partial charge in [-0.25, -0.2) is 13.9 Å². The van der Waals surface area contributed by atoms with E-state index in [9.17, 15) is 9.18 Å². The highest BCUT2D eigenvalue weighted by Crippen LogP contribution is 2.29. The standard InChI is InChI=1S/C27H28FN5O2/c1-18(19-6-8-22(28)9-7-19)30-27(34)20-10-13-32(14-11-20)26-25-17-24(31-33(25)15-12-29-26)21-4-3-5-23(16-21)35-2/h3-9,12,15-18,20H,10-11,13-14H2,1-2H3,(H,30,34). The SMILES string of the molecule is COc1cccc(-c2cc3c(N4CCC(C(=O)NC(C)c5ccc(F)cc5)CC4)nccn3n2)c1. The summed E-state index contributed by atoms with van der Waals surface area (Å²) in [6.07, 6.45) is 5.08. The van der Waals surface area contributed by atoms with Crippen LogP contribution in [0, 0.1) is 11.7 Å². The number of benzene rings is 2. The lowest BCUT2D eigenvalue weighted by Gasteiger charge is -2.32. The van der Waals surface area contributed by atoms with Crippen LogP contribution in [0.4, 0.5) is 10.2 Å². The summed E-state index contributed by atoms with van der Waals surface area (Å²) in [7, 11) is 1.65. The summed E-state index contributed by atoms with van der Waals surface area (Å²) in [4.78, 5) is 19.7. The molecule has 1 N–H and O–H groups in total. The fourth-order valence-electron chi connectivity index (χ4n) is 4.59. The summed E-state index contributed by atoms with van der Waals surface area (Å²) in [5, 5.41) is 7.81. The van der Waals surface area contributed by atoms with E-state index in [2.05, 4.69) is 15.2 Å². The predicted octanol–water partition coefficient (Wildman–Crippen LogP) is 4.64. The van der Waals surface area contributed by atoms with Gasteiger partial charge in [-0.1, -0.05) is 24.3 Å². The molecule has 0 bridgehead atoms. The van der Waals surface area contributed by atoms with Gasteiger partial charge in [0.05, 0.1) is 18.8 Å². The Morgan fingerprint density at radius 1 is 1.14 bits per heavy atom. The number of ether oxygens (including phenoxy) is 1. The van der Waals surface area contributed by atoms with Crippen LogP contribution in [-0.4, -0.2) is 40.7 Å². The number of nitrogens with one attached hydrogen (secondary N) is 1. The molecule has 0 spiro atoms. The molecule has 1 unspecified atom stereocenters. The zero-order valence-corrected chi connectivity index (χ0v) is 19.8. The van der Waals surface area contributed by atoms with Crippen molar-refractivity contribution in [2.75, 3.05) is 25.1 Å². The maximum Gasteiger partial charge on any atom is 0.223 e. The van der Waals surface area contributed by atoms with Crippen LogP contribution in [0.5, 0.6) is 5.75 Å². The smallest absolute Gasteiger partial charge is 0.223 e. The maximum atomic E-state index is 13.2. The molecule has 0 aliphatic carbocycles. The van der Waals surface area contributed by atoms with Crippen molar-refractivity contribution in [3.63, 3.8) is 0 Å². The van der Waals surface area contributed by atoms with Gasteiger partial charge in [-0.05, 0) is 55.7 Å². The van der Waals surface area contributed by atoms with Crippen LogP contribution in [0.25, 0.3) is 16.8 Å². The molecule has 2 aromatic heterocycles. The summed E-state index contributed by atoms with van der Waals surface area (Å²) in [6.45, 7) is 3.38. The largest absolute Gasteiger partial charge is 0.497 e. The van der Waals surface area contributed by atoms with Crippen molar-refractivity contribution in [3.8, 4) is 17.0 Å². The summed E-state index contributed by atoms with van der Waals surface area (Å²) in [5.41, 5.74) is 3.64. The molecule has 5 rings (SSSR count). The van der Waals surface area contributed by atoms with Crippen LogP contribution in [0.3, 0.4) is 0 Å². The Hall–Kier alpha value is -3.94. The van der Waals surface area contributed by atoms with E-state index < -0.39 is 0 Å². The number of hydrogen-bond acceptors (Lipinski definition) is 5. The molecule has 1 atom stereocenters. The van der Waals surface area contributed by atoms with Crippen molar-refractivity contribution in [2.45, 2.75) is 25.8 Å². The monoisotopic (exact) mass is 473 g/mol. The Morgan fingerprint density at radius 3 is 2.66 bits per heavy atom. The zero-order valence-electron chi connectivity index (χ0n) is 19.8. The molecule has 2 aromatic carbocycles. The lowest BCUT2D eigenvalue weighted by Crippen LogP contribution is -2.41. The highest BCUT2D eigenvalue weighted by atomic mass is 19.1. The summed E-state index contributed by atoms with van der Waals surface area (Å²) in [5.74, 6) is 1.35. The van der Waals surface area contributed by atoms with Gasteiger partial charge in [0.1, 0.15) is 17.1 Å². The quantitative estimate of drug-likeness (QED) is 0.442. The lowest BCUT2D eigenvalue weighted by atomic mass is 9.95. The second-order valence-electron chi connectivity index (χ2n) is 8.89. The number of rotatable bonds is 6. The molecule has 1 aliphatic heterocycles. The molecule has 1 fully saturated rings. The Bertz CT molecular complexity index is 1330. The highest BCUT2D eigenvalue weighted by molar-refractivity contribution is 5.80. The molecule has 0 saturated carbocycles. The molecule has 1 amide bonds. The normalized spacial score (nSPS) is 15.2. The van der Waals surface area contributed by atoms with E-state index in [1.165, 1.54) is 12.1 Å². The first-order valence-corrected chi connectivity index (χ1v) is 11.8. The van der Waals surface area contributed by atoms with Gasteiger partial charge in [0, 0.05) is 37.0 Å². The zero-order chi connectivity index (χ0) is 24.4. The Labute approximate surface area is 203 Å². The lowest BCUT2D eigenvalue weighted by molar-refractivity contribution is -0.126. The van der Waals surface area contributed by atoms with E-state index in [0.29, 0.717) is 0 Å². The first kappa shape index (κ1) is 22.8. The number of anilines is 1. The average molecular weight is 474 g/mol. The minimum absolute atomic E-state index is 0.0392. The molecule has 8 heteroatoms. The van der Waals surface area contributed by atoms with Gasteiger partial charge in [-0.2, -0.15) is 5.10 Å². The van der Waals surface area contributed by atoms with Gasteiger partial charge in [0.15, 0.2) is 5.82 Å². The number of hydrogen-bond donors (Lipinski definition) is 1. The van der Waals surface area contributed by atoms with E-state index in [0.717, 1.165) is 59.8 Å². The van der Waals surface area contributed by atoms with Gasteiger partial charge in [-0.15, -0.1) is 0 Å². The van der Waals surface area contributed by atoms with Crippen molar-refractivity contribution >= 4 is 17.2 Å². The minimum Gasteiger partial charge on any atom is -0.497 e.